The van der Waals surface area contributed by atoms with Crippen LogP contribution in [0.1, 0.15) is 11.1 Å². The summed E-state index contributed by atoms with van der Waals surface area (Å²) in [7, 11) is 1.47. The maximum atomic E-state index is 11.6. The summed E-state index contributed by atoms with van der Waals surface area (Å²) in [5.41, 5.74) is 2.26. The van der Waals surface area contributed by atoms with Crippen LogP contribution in [0.3, 0.4) is 0 Å². The molecule has 0 saturated heterocycles. The number of amides is 2. The van der Waals surface area contributed by atoms with Crippen LogP contribution in [0.4, 0.5) is 0 Å². The van der Waals surface area contributed by atoms with Gasteiger partial charge in [-0.05, 0) is 25.5 Å². The zero-order chi connectivity index (χ0) is 16.5. The van der Waals surface area contributed by atoms with Gasteiger partial charge in [0.1, 0.15) is 0 Å². The number of hydrogen-bond acceptors (Lipinski definition) is 5. The van der Waals surface area contributed by atoms with Gasteiger partial charge in [-0.2, -0.15) is 0 Å². The molecule has 120 valence electrons. The Morgan fingerprint density at radius 2 is 1.91 bits per heavy atom. The summed E-state index contributed by atoms with van der Waals surface area (Å²) in [5.74, 6) is -1.16. The van der Waals surface area contributed by atoms with E-state index in [4.69, 9.17) is 4.74 Å². The van der Waals surface area contributed by atoms with Crippen molar-refractivity contribution in [1.82, 2.24) is 10.6 Å². The molecule has 1 aromatic carbocycles. The quantitative estimate of drug-likeness (QED) is 0.572. The lowest BCUT2D eigenvalue weighted by atomic mass is 10.2. The van der Waals surface area contributed by atoms with E-state index in [0.717, 1.165) is 16.0 Å². The van der Waals surface area contributed by atoms with Crippen LogP contribution < -0.4 is 10.6 Å². The second-order valence-corrected chi connectivity index (χ2v) is 5.69. The van der Waals surface area contributed by atoms with E-state index in [1.807, 2.05) is 32.0 Å². The Labute approximate surface area is 134 Å². The van der Waals surface area contributed by atoms with E-state index in [2.05, 4.69) is 10.6 Å². The molecular weight excluding hydrogens is 304 g/mol. The Hall–Kier alpha value is -2.02. The third-order valence-corrected chi connectivity index (χ3v) is 3.91. The number of benzene rings is 1. The highest BCUT2D eigenvalue weighted by Gasteiger charge is 2.10. The molecule has 0 saturated carbocycles. The van der Waals surface area contributed by atoms with Crippen LogP contribution in [0, 0.1) is 13.8 Å². The first-order valence-corrected chi connectivity index (χ1v) is 7.74. The lowest BCUT2D eigenvalue weighted by molar-refractivity contribution is -0.146. The van der Waals surface area contributed by atoms with E-state index in [-0.39, 0.29) is 24.8 Å². The predicted molar refractivity (Wildman–Crippen MR) is 84.7 cm³/mol. The lowest BCUT2D eigenvalue weighted by Gasteiger charge is -2.07. The van der Waals surface area contributed by atoms with E-state index in [1.165, 1.54) is 18.8 Å². The summed E-state index contributed by atoms with van der Waals surface area (Å²) in [5, 5.41) is 4.71. The van der Waals surface area contributed by atoms with Gasteiger partial charge in [0.2, 0.25) is 5.91 Å². The predicted octanol–water partition coefficient (Wildman–Crippen LogP) is 0.801. The monoisotopic (exact) mass is 324 g/mol. The molecule has 0 radical (unpaired) electrons. The molecule has 0 aromatic heterocycles. The van der Waals surface area contributed by atoms with Crippen molar-refractivity contribution in [1.29, 1.82) is 0 Å². The summed E-state index contributed by atoms with van der Waals surface area (Å²) < 4.78 is 4.85. The normalized spacial score (nSPS) is 9.95. The first kappa shape index (κ1) is 18.0. The average molecular weight is 324 g/mol. The van der Waals surface area contributed by atoms with Gasteiger partial charge in [0, 0.05) is 11.9 Å². The van der Waals surface area contributed by atoms with Crippen molar-refractivity contribution in [2.75, 3.05) is 26.0 Å². The first-order valence-electron chi connectivity index (χ1n) is 6.75. The number of aryl methyl sites for hydroxylation is 2. The van der Waals surface area contributed by atoms with E-state index in [1.54, 1.807) is 0 Å². The van der Waals surface area contributed by atoms with E-state index < -0.39 is 11.9 Å². The number of carbonyl (C=O) groups excluding carboxylic acids is 3. The second-order valence-electron chi connectivity index (χ2n) is 4.67. The van der Waals surface area contributed by atoms with Gasteiger partial charge in [-0.15, -0.1) is 11.8 Å². The maximum absolute atomic E-state index is 11.6. The van der Waals surface area contributed by atoms with Crippen LogP contribution in [0.25, 0.3) is 0 Å². The molecule has 0 heterocycles. The fourth-order valence-electron chi connectivity index (χ4n) is 1.60. The van der Waals surface area contributed by atoms with Gasteiger partial charge in [0.05, 0.1) is 12.3 Å². The van der Waals surface area contributed by atoms with Crippen LogP contribution in [-0.4, -0.2) is 43.7 Å². The molecule has 2 N–H and O–H groups in total. The third kappa shape index (κ3) is 6.62. The molecule has 0 spiro atoms. The van der Waals surface area contributed by atoms with Gasteiger partial charge in [-0.3, -0.25) is 14.4 Å². The number of rotatable bonds is 7. The van der Waals surface area contributed by atoms with Gasteiger partial charge in [-0.25, -0.2) is 0 Å². The molecule has 1 rings (SSSR count). The number of thioether (sulfide) groups is 1. The van der Waals surface area contributed by atoms with E-state index in [0.29, 0.717) is 0 Å². The average Bonchev–Trinajstić information content (AvgIpc) is 2.49. The van der Waals surface area contributed by atoms with Crippen molar-refractivity contribution < 1.29 is 19.1 Å². The molecule has 0 aliphatic carbocycles. The van der Waals surface area contributed by atoms with Crippen LogP contribution >= 0.6 is 11.8 Å². The SMILES string of the molecule is CNC(=O)CNC(=O)COC(=O)CSc1ccc(C)cc1C. The van der Waals surface area contributed by atoms with Crippen molar-refractivity contribution in [3.63, 3.8) is 0 Å². The van der Waals surface area contributed by atoms with Crippen LogP contribution in [0.5, 0.6) is 0 Å². The minimum Gasteiger partial charge on any atom is -0.455 e. The van der Waals surface area contributed by atoms with Crippen LogP contribution in [-0.2, 0) is 19.1 Å². The van der Waals surface area contributed by atoms with Crippen molar-refractivity contribution in [3.8, 4) is 0 Å². The third-order valence-electron chi connectivity index (χ3n) is 2.77. The summed E-state index contributed by atoms with van der Waals surface area (Å²) in [4.78, 5) is 34.9. The van der Waals surface area contributed by atoms with Crippen molar-refractivity contribution in [3.05, 3.63) is 29.3 Å². The van der Waals surface area contributed by atoms with Gasteiger partial charge in [0.25, 0.3) is 5.91 Å². The highest BCUT2D eigenvalue weighted by Crippen LogP contribution is 2.23. The summed E-state index contributed by atoms with van der Waals surface area (Å²) in [6.07, 6.45) is 0. The largest absolute Gasteiger partial charge is 0.455 e. The molecule has 22 heavy (non-hydrogen) atoms. The maximum Gasteiger partial charge on any atom is 0.316 e. The molecule has 0 aliphatic heterocycles. The van der Waals surface area contributed by atoms with Gasteiger partial charge < -0.3 is 15.4 Å². The van der Waals surface area contributed by atoms with Gasteiger partial charge >= 0.3 is 5.97 Å². The molecule has 7 heteroatoms. The van der Waals surface area contributed by atoms with Crippen molar-refractivity contribution >= 4 is 29.5 Å². The molecule has 0 aliphatic rings. The molecule has 1 aromatic rings. The number of ether oxygens (including phenoxy) is 1. The van der Waals surface area contributed by atoms with E-state index >= 15 is 0 Å². The summed E-state index contributed by atoms with van der Waals surface area (Å²) in [6, 6.07) is 5.98. The van der Waals surface area contributed by atoms with E-state index in [9.17, 15) is 14.4 Å². The molecule has 6 nitrogen and oxygen atoms in total. The zero-order valence-corrected chi connectivity index (χ0v) is 13.7. The lowest BCUT2D eigenvalue weighted by Crippen LogP contribution is -2.37. The summed E-state index contributed by atoms with van der Waals surface area (Å²) in [6.45, 7) is 3.47. The standard InChI is InChI=1S/C15H20N2O4S/c1-10-4-5-12(11(2)6-10)22-9-15(20)21-8-14(19)17-7-13(18)16-3/h4-6H,7-9H2,1-3H3,(H,16,18)(H,17,19). The van der Waals surface area contributed by atoms with Gasteiger partial charge in [0.15, 0.2) is 6.61 Å². The minimum atomic E-state index is -0.506. The molecule has 0 unspecified atom stereocenters. The number of carbonyl (C=O) groups is 3. The van der Waals surface area contributed by atoms with Crippen LogP contribution in [0.15, 0.2) is 23.1 Å². The Morgan fingerprint density at radius 3 is 2.55 bits per heavy atom. The van der Waals surface area contributed by atoms with Crippen LogP contribution in [0.2, 0.25) is 0 Å². The molecular formula is C15H20N2O4S. The topological polar surface area (TPSA) is 84.5 Å². The Morgan fingerprint density at radius 1 is 1.18 bits per heavy atom. The number of hydrogen-bond donors (Lipinski definition) is 2. The van der Waals surface area contributed by atoms with Gasteiger partial charge in [-0.1, -0.05) is 17.7 Å². The Balaban J connectivity index is 2.28. The molecule has 0 atom stereocenters. The van der Waals surface area contributed by atoms with Crippen molar-refractivity contribution in [2.24, 2.45) is 0 Å². The highest BCUT2D eigenvalue weighted by molar-refractivity contribution is 8.00. The highest BCUT2D eigenvalue weighted by atomic mass is 32.2. The first-order chi connectivity index (χ1) is 10.4. The Bertz CT molecular complexity index is 560. The smallest absolute Gasteiger partial charge is 0.316 e. The Kier molecular flexibility index (Phi) is 7.45. The number of likely N-dealkylation sites (N-methyl/N-ethyl adjacent to an activating group) is 1. The summed E-state index contributed by atoms with van der Waals surface area (Å²) >= 11 is 1.37. The fraction of sp³-hybridized carbons (Fsp3) is 0.400. The molecule has 2 amide bonds. The zero-order valence-electron chi connectivity index (χ0n) is 12.9. The van der Waals surface area contributed by atoms with Crippen molar-refractivity contribution in [2.45, 2.75) is 18.7 Å². The second kappa shape index (κ2) is 9.09. The fourth-order valence-corrected chi connectivity index (χ4v) is 2.41. The molecule has 0 bridgehead atoms. The minimum absolute atomic E-state index is 0.132. The molecule has 0 fully saturated rings. The number of esters is 1. The number of nitrogens with one attached hydrogen (secondary N) is 2.